The van der Waals surface area contributed by atoms with Gasteiger partial charge in [0.25, 0.3) is 0 Å². The van der Waals surface area contributed by atoms with Gasteiger partial charge in [-0.05, 0) is 20.8 Å². The van der Waals surface area contributed by atoms with Crippen LogP contribution < -0.4 is 0 Å². The minimum absolute atomic E-state index is 0.340. The van der Waals surface area contributed by atoms with Crippen molar-refractivity contribution in [2.75, 3.05) is 6.61 Å². The minimum atomic E-state index is -1.46. The third kappa shape index (κ3) is 1.77. The average Bonchev–Trinajstić information content (AvgIpc) is 3.41. The molecule has 3 heterocycles. The van der Waals surface area contributed by atoms with E-state index in [1.54, 1.807) is 13.8 Å². The summed E-state index contributed by atoms with van der Waals surface area (Å²) in [5, 5.41) is 10.9. The Bertz CT molecular complexity index is 796. The molecule has 0 radical (unpaired) electrons. The molecule has 9 nitrogen and oxygen atoms in total. The molecule has 0 aromatic carbocycles. The van der Waals surface area contributed by atoms with Crippen molar-refractivity contribution in [1.29, 1.82) is 0 Å². The van der Waals surface area contributed by atoms with Crippen LogP contribution in [0.1, 0.15) is 34.6 Å². The molecule has 1 N–H and O–H groups in total. The zero-order valence-electron chi connectivity index (χ0n) is 16.4. The number of epoxide rings is 2. The van der Waals surface area contributed by atoms with Crippen molar-refractivity contribution >= 4 is 17.9 Å². The summed E-state index contributed by atoms with van der Waals surface area (Å²) >= 11 is 0. The smallest absolute Gasteiger partial charge is 0.314 e. The molecule has 2 bridgehead atoms. The summed E-state index contributed by atoms with van der Waals surface area (Å²) in [5.74, 6) is -3.46. The van der Waals surface area contributed by atoms with Crippen LogP contribution in [0.15, 0.2) is 0 Å². The SMILES string of the molecule is CC(=O)OC1C2OC(=O)C(C2C(C)(C)O)[C@]2(OC(C)=O)C3OC3[C@]3(CO3)[C@]12C. The van der Waals surface area contributed by atoms with E-state index in [2.05, 4.69) is 0 Å². The Balaban J connectivity index is 1.78. The summed E-state index contributed by atoms with van der Waals surface area (Å²) in [4.78, 5) is 37.3. The molecule has 5 aliphatic rings. The molecule has 0 aromatic rings. The van der Waals surface area contributed by atoms with Crippen LogP contribution in [-0.4, -0.2) is 70.8 Å². The molecule has 3 aliphatic heterocycles. The zero-order valence-corrected chi connectivity index (χ0v) is 16.4. The van der Waals surface area contributed by atoms with Gasteiger partial charge in [-0.25, -0.2) is 0 Å². The Morgan fingerprint density at radius 3 is 2.36 bits per heavy atom. The maximum Gasteiger partial charge on any atom is 0.314 e. The molecule has 9 heteroatoms. The van der Waals surface area contributed by atoms with E-state index in [4.69, 9.17) is 23.7 Å². The Hall–Kier alpha value is -1.71. The summed E-state index contributed by atoms with van der Waals surface area (Å²) in [6.45, 7) is 7.82. The highest BCUT2D eigenvalue weighted by molar-refractivity contribution is 5.81. The summed E-state index contributed by atoms with van der Waals surface area (Å²) in [6.07, 6.45) is -2.80. The van der Waals surface area contributed by atoms with E-state index in [1.807, 2.05) is 6.92 Å². The predicted octanol–water partition coefficient (Wildman–Crippen LogP) is -0.281. The van der Waals surface area contributed by atoms with E-state index in [0.717, 1.165) is 0 Å². The van der Waals surface area contributed by atoms with Gasteiger partial charge in [0.2, 0.25) is 0 Å². The van der Waals surface area contributed by atoms with Crippen molar-refractivity contribution in [3.05, 3.63) is 0 Å². The van der Waals surface area contributed by atoms with Gasteiger partial charge >= 0.3 is 17.9 Å². The lowest BCUT2D eigenvalue weighted by molar-refractivity contribution is -0.268. The van der Waals surface area contributed by atoms with Gasteiger partial charge in [0.05, 0.1) is 17.6 Å². The highest BCUT2D eigenvalue weighted by atomic mass is 16.7. The van der Waals surface area contributed by atoms with Crippen molar-refractivity contribution in [2.45, 2.75) is 75.8 Å². The topological polar surface area (TPSA) is 124 Å². The zero-order chi connectivity index (χ0) is 20.4. The number of hydrogen-bond donors (Lipinski definition) is 1. The van der Waals surface area contributed by atoms with Crippen LogP contribution in [0.25, 0.3) is 0 Å². The molecule has 0 amide bonds. The molecule has 3 saturated heterocycles. The molecule has 154 valence electrons. The quantitative estimate of drug-likeness (QED) is 0.389. The molecule has 1 spiro atoms. The van der Waals surface area contributed by atoms with Crippen LogP contribution in [0.3, 0.4) is 0 Å². The molecule has 5 rings (SSSR count). The number of hydrogen-bond acceptors (Lipinski definition) is 9. The van der Waals surface area contributed by atoms with Crippen LogP contribution in [0.4, 0.5) is 0 Å². The monoisotopic (exact) mass is 396 g/mol. The predicted molar refractivity (Wildman–Crippen MR) is 88.7 cm³/mol. The Morgan fingerprint density at radius 1 is 1.21 bits per heavy atom. The first-order valence-electron chi connectivity index (χ1n) is 9.51. The normalized spacial score (nSPS) is 52.6. The third-order valence-electron chi connectivity index (χ3n) is 7.49. The Labute approximate surface area is 161 Å². The molecule has 0 aromatic heterocycles. The fourth-order valence-electron chi connectivity index (χ4n) is 6.50. The van der Waals surface area contributed by atoms with Crippen molar-refractivity contribution in [3.63, 3.8) is 0 Å². The Morgan fingerprint density at radius 2 is 1.86 bits per heavy atom. The molecule has 28 heavy (non-hydrogen) atoms. The number of fused-ring (bicyclic) bond motifs is 8. The Kier molecular flexibility index (Phi) is 3.19. The number of esters is 3. The second-order valence-corrected chi connectivity index (χ2v) is 9.33. The number of ether oxygens (including phenoxy) is 5. The lowest BCUT2D eigenvalue weighted by Crippen LogP contribution is -2.74. The van der Waals surface area contributed by atoms with Crippen molar-refractivity contribution in [3.8, 4) is 0 Å². The highest BCUT2D eigenvalue weighted by Crippen LogP contribution is 2.77. The molecule has 5 fully saturated rings. The number of carbonyl (C=O) groups is 3. The molecular weight excluding hydrogens is 372 g/mol. The molecule has 6 unspecified atom stereocenters. The van der Waals surface area contributed by atoms with Gasteiger partial charge < -0.3 is 28.8 Å². The van der Waals surface area contributed by atoms with Gasteiger partial charge in [0, 0.05) is 19.8 Å². The van der Waals surface area contributed by atoms with E-state index in [1.165, 1.54) is 13.8 Å². The van der Waals surface area contributed by atoms with Crippen LogP contribution in [0.5, 0.6) is 0 Å². The number of aliphatic hydroxyl groups is 1. The summed E-state index contributed by atoms with van der Waals surface area (Å²) in [6, 6.07) is 0. The van der Waals surface area contributed by atoms with Crippen LogP contribution in [-0.2, 0) is 38.1 Å². The van der Waals surface area contributed by atoms with Gasteiger partial charge in [0.15, 0.2) is 11.7 Å². The third-order valence-corrected chi connectivity index (χ3v) is 7.49. The summed E-state index contributed by atoms with van der Waals surface area (Å²) < 4.78 is 29.0. The van der Waals surface area contributed by atoms with Crippen molar-refractivity contribution < 1.29 is 43.2 Å². The summed E-state index contributed by atoms with van der Waals surface area (Å²) in [5.41, 5.74) is -4.72. The molecule has 2 saturated carbocycles. The van der Waals surface area contributed by atoms with Gasteiger partial charge in [-0.15, -0.1) is 0 Å². The van der Waals surface area contributed by atoms with E-state index in [0.29, 0.717) is 6.61 Å². The van der Waals surface area contributed by atoms with Gasteiger partial charge in [-0.1, -0.05) is 0 Å². The molecule has 9 atom stereocenters. The van der Waals surface area contributed by atoms with Crippen LogP contribution >= 0.6 is 0 Å². The van der Waals surface area contributed by atoms with Gasteiger partial charge in [-0.3, -0.25) is 14.4 Å². The highest BCUT2D eigenvalue weighted by Gasteiger charge is 2.97. The lowest BCUT2D eigenvalue weighted by Gasteiger charge is -2.57. The largest absolute Gasteiger partial charge is 0.458 e. The van der Waals surface area contributed by atoms with Crippen molar-refractivity contribution in [1.82, 2.24) is 0 Å². The van der Waals surface area contributed by atoms with E-state index in [-0.39, 0.29) is 6.10 Å². The fourth-order valence-corrected chi connectivity index (χ4v) is 6.50. The fraction of sp³-hybridized carbons (Fsp3) is 0.842. The standard InChI is InChI=1S/C19H24O9/c1-7(20)25-12-11-9(16(3,4)23)10(15(22)26-11)19(28-8(2)21)14-13(27-14)18(6-24-18)17(12,19)5/h9-14,23H,6H2,1-5H3/t9?,10?,11?,12?,13?,14?,17-,18+,19-/m0/s1. The lowest BCUT2D eigenvalue weighted by atomic mass is 9.51. The molecule has 2 aliphatic carbocycles. The molecular formula is C19H24O9. The first-order valence-corrected chi connectivity index (χ1v) is 9.51. The summed E-state index contributed by atoms with van der Waals surface area (Å²) in [7, 11) is 0. The first-order chi connectivity index (χ1) is 12.9. The van der Waals surface area contributed by atoms with E-state index >= 15 is 0 Å². The second kappa shape index (κ2) is 4.88. The van der Waals surface area contributed by atoms with E-state index in [9.17, 15) is 19.5 Å². The minimum Gasteiger partial charge on any atom is -0.458 e. The van der Waals surface area contributed by atoms with Gasteiger partial charge in [0.1, 0.15) is 29.8 Å². The second-order valence-electron chi connectivity index (χ2n) is 9.33. The number of rotatable bonds is 3. The van der Waals surface area contributed by atoms with E-state index < -0.39 is 70.3 Å². The maximum absolute atomic E-state index is 13.0. The average molecular weight is 396 g/mol. The van der Waals surface area contributed by atoms with Crippen molar-refractivity contribution in [2.24, 2.45) is 17.3 Å². The van der Waals surface area contributed by atoms with Gasteiger partial charge in [-0.2, -0.15) is 0 Å². The van der Waals surface area contributed by atoms with Crippen LogP contribution in [0, 0.1) is 17.3 Å². The van der Waals surface area contributed by atoms with Crippen LogP contribution in [0.2, 0.25) is 0 Å². The first kappa shape index (κ1) is 18.3. The maximum atomic E-state index is 13.0. The number of carbonyl (C=O) groups excluding carboxylic acids is 3.